The van der Waals surface area contributed by atoms with Gasteiger partial charge in [-0.05, 0) is 64.0 Å². The van der Waals surface area contributed by atoms with Gasteiger partial charge >= 0.3 is 0 Å². The summed E-state index contributed by atoms with van der Waals surface area (Å²) in [5.41, 5.74) is 5.92. The lowest BCUT2D eigenvalue weighted by atomic mass is 10.0. The first-order valence-electron chi connectivity index (χ1n) is 6.89. The third-order valence-corrected chi connectivity index (χ3v) is 3.30. The predicted octanol–water partition coefficient (Wildman–Crippen LogP) is 3.18. The normalized spacial score (nSPS) is 10.9. The van der Waals surface area contributed by atoms with Crippen LogP contribution in [0.3, 0.4) is 0 Å². The van der Waals surface area contributed by atoms with Crippen molar-refractivity contribution >= 4 is 16.6 Å². The Kier molecular flexibility index (Phi) is 4.38. The SMILES string of the molecule is CNCCCNc1cc(C)nc2cc(C)cc(C)c12. The molecule has 1 aromatic carbocycles. The molecule has 0 fully saturated rings. The zero-order chi connectivity index (χ0) is 13.8. The molecular weight excluding hydrogens is 234 g/mol. The van der Waals surface area contributed by atoms with Gasteiger partial charge in [0.1, 0.15) is 0 Å². The monoisotopic (exact) mass is 257 g/mol. The maximum Gasteiger partial charge on any atom is 0.0731 e. The fourth-order valence-corrected chi connectivity index (χ4v) is 2.51. The smallest absolute Gasteiger partial charge is 0.0731 e. The fraction of sp³-hybridized carbons (Fsp3) is 0.438. The van der Waals surface area contributed by atoms with Crippen LogP contribution in [0.2, 0.25) is 0 Å². The number of aryl methyl sites for hydroxylation is 3. The molecule has 19 heavy (non-hydrogen) atoms. The molecule has 0 atom stereocenters. The lowest BCUT2D eigenvalue weighted by Gasteiger charge is -2.13. The van der Waals surface area contributed by atoms with Crippen LogP contribution in [0, 0.1) is 20.8 Å². The second-order valence-corrected chi connectivity index (χ2v) is 5.17. The molecule has 0 saturated carbocycles. The van der Waals surface area contributed by atoms with Gasteiger partial charge in [-0.15, -0.1) is 0 Å². The molecule has 1 aromatic heterocycles. The summed E-state index contributed by atoms with van der Waals surface area (Å²) in [4.78, 5) is 4.65. The Labute approximate surface area is 115 Å². The summed E-state index contributed by atoms with van der Waals surface area (Å²) < 4.78 is 0. The minimum absolute atomic E-state index is 0.979. The van der Waals surface area contributed by atoms with Crippen LogP contribution in [0.25, 0.3) is 10.9 Å². The molecule has 0 bridgehead atoms. The molecule has 2 N–H and O–H groups in total. The van der Waals surface area contributed by atoms with Gasteiger partial charge in [0.2, 0.25) is 0 Å². The number of anilines is 1. The number of pyridine rings is 1. The molecule has 2 aromatic rings. The van der Waals surface area contributed by atoms with Crippen LogP contribution in [0.15, 0.2) is 18.2 Å². The number of nitrogens with one attached hydrogen (secondary N) is 2. The van der Waals surface area contributed by atoms with Crippen LogP contribution in [0.5, 0.6) is 0 Å². The Morgan fingerprint density at radius 3 is 2.58 bits per heavy atom. The van der Waals surface area contributed by atoms with Gasteiger partial charge < -0.3 is 10.6 Å². The van der Waals surface area contributed by atoms with E-state index >= 15 is 0 Å². The van der Waals surface area contributed by atoms with Crippen molar-refractivity contribution < 1.29 is 0 Å². The summed E-state index contributed by atoms with van der Waals surface area (Å²) in [6, 6.07) is 6.52. The van der Waals surface area contributed by atoms with E-state index in [1.807, 2.05) is 7.05 Å². The van der Waals surface area contributed by atoms with E-state index in [9.17, 15) is 0 Å². The molecule has 3 heteroatoms. The number of nitrogens with zero attached hydrogens (tertiary/aromatic N) is 1. The lowest BCUT2D eigenvalue weighted by Crippen LogP contribution is -2.13. The van der Waals surface area contributed by atoms with Gasteiger partial charge in [-0.1, -0.05) is 6.07 Å². The van der Waals surface area contributed by atoms with Crippen molar-refractivity contribution in [3.05, 3.63) is 35.0 Å². The lowest BCUT2D eigenvalue weighted by molar-refractivity contribution is 0.748. The van der Waals surface area contributed by atoms with Gasteiger partial charge in [0.15, 0.2) is 0 Å². The van der Waals surface area contributed by atoms with Gasteiger partial charge in [0.05, 0.1) is 5.52 Å². The minimum Gasteiger partial charge on any atom is -0.384 e. The van der Waals surface area contributed by atoms with Crippen LogP contribution >= 0.6 is 0 Å². The van der Waals surface area contributed by atoms with Crippen molar-refractivity contribution in [3.63, 3.8) is 0 Å². The standard InChI is InChI=1S/C16H23N3/c1-11-8-12(2)16-14(18-7-5-6-17-4)10-13(3)19-15(16)9-11/h8-10,17H,5-7H2,1-4H3,(H,18,19). The van der Waals surface area contributed by atoms with Crippen molar-refractivity contribution in [1.29, 1.82) is 0 Å². The summed E-state index contributed by atoms with van der Waals surface area (Å²) in [5.74, 6) is 0. The number of hydrogen-bond acceptors (Lipinski definition) is 3. The number of hydrogen-bond donors (Lipinski definition) is 2. The Bertz CT molecular complexity index is 570. The van der Waals surface area contributed by atoms with Crippen molar-refractivity contribution in [1.82, 2.24) is 10.3 Å². The van der Waals surface area contributed by atoms with E-state index in [1.165, 1.54) is 22.2 Å². The quantitative estimate of drug-likeness (QED) is 0.808. The number of fused-ring (bicyclic) bond motifs is 1. The fourth-order valence-electron chi connectivity index (χ4n) is 2.51. The number of benzene rings is 1. The molecule has 102 valence electrons. The van der Waals surface area contributed by atoms with E-state index in [-0.39, 0.29) is 0 Å². The van der Waals surface area contributed by atoms with Crippen LogP contribution in [0.1, 0.15) is 23.2 Å². The molecule has 0 aliphatic rings. The maximum atomic E-state index is 4.65. The summed E-state index contributed by atoms with van der Waals surface area (Å²) in [6.45, 7) is 8.34. The maximum absolute atomic E-state index is 4.65. The first-order chi connectivity index (χ1) is 9.11. The summed E-state index contributed by atoms with van der Waals surface area (Å²) in [6.07, 6.45) is 1.12. The van der Waals surface area contributed by atoms with Gasteiger partial charge in [0, 0.05) is 23.3 Å². The van der Waals surface area contributed by atoms with Crippen LogP contribution in [-0.4, -0.2) is 25.1 Å². The largest absolute Gasteiger partial charge is 0.384 e. The van der Waals surface area contributed by atoms with E-state index < -0.39 is 0 Å². The van der Waals surface area contributed by atoms with Crippen molar-refractivity contribution in [3.8, 4) is 0 Å². The number of aromatic nitrogens is 1. The Hall–Kier alpha value is -1.61. The summed E-state index contributed by atoms with van der Waals surface area (Å²) >= 11 is 0. The Balaban J connectivity index is 2.36. The van der Waals surface area contributed by atoms with Crippen LogP contribution in [-0.2, 0) is 0 Å². The van der Waals surface area contributed by atoms with Crippen LogP contribution < -0.4 is 10.6 Å². The van der Waals surface area contributed by atoms with Gasteiger partial charge in [0.25, 0.3) is 0 Å². The molecule has 0 unspecified atom stereocenters. The highest BCUT2D eigenvalue weighted by atomic mass is 14.9. The molecule has 0 aliphatic heterocycles. The van der Waals surface area contributed by atoms with E-state index in [2.05, 4.69) is 54.6 Å². The molecule has 0 spiro atoms. The summed E-state index contributed by atoms with van der Waals surface area (Å²) in [5, 5.41) is 7.96. The third-order valence-electron chi connectivity index (χ3n) is 3.30. The zero-order valence-corrected chi connectivity index (χ0v) is 12.3. The number of rotatable bonds is 5. The molecule has 2 rings (SSSR count). The van der Waals surface area contributed by atoms with Crippen molar-refractivity contribution in [2.24, 2.45) is 0 Å². The Morgan fingerprint density at radius 1 is 1.05 bits per heavy atom. The van der Waals surface area contributed by atoms with Crippen molar-refractivity contribution in [2.45, 2.75) is 27.2 Å². The zero-order valence-electron chi connectivity index (χ0n) is 12.3. The first kappa shape index (κ1) is 13.8. The minimum atomic E-state index is 0.979. The average molecular weight is 257 g/mol. The summed E-state index contributed by atoms with van der Waals surface area (Å²) in [7, 11) is 1.99. The van der Waals surface area contributed by atoms with Gasteiger partial charge in [-0.25, -0.2) is 0 Å². The Morgan fingerprint density at radius 2 is 1.84 bits per heavy atom. The van der Waals surface area contributed by atoms with E-state index in [1.54, 1.807) is 0 Å². The highest BCUT2D eigenvalue weighted by Gasteiger charge is 2.07. The van der Waals surface area contributed by atoms with Gasteiger partial charge in [-0.2, -0.15) is 0 Å². The van der Waals surface area contributed by atoms with E-state index in [4.69, 9.17) is 0 Å². The van der Waals surface area contributed by atoms with Gasteiger partial charge in [-0.3, -0.25) is 4.98 Å². The topological polar surface area (TPSA) is 37.0 Å². The molecule has 0 amide bonds. The molecule has 0 aliphatic carbocycles. The molecule has 0 radical (unpaired) electrons. The highest BCUT2D eigenvalue weighted by molar-refractivity contribution is 5.94. The highest BCUT2D eigenvalue weighted by Crippen LogP contribution is 2.27. The predicted molar refractivity (Wildman–Crippen MR) is 83.0 cm³/mol. The second kappa shape index (κ2) is 6.02. The second-order valence-electron chi connectivity index (χ2n) is 5.17. The molecule has 0 saturated heterocycles. The van der Waals surface area contributed by atoms with Crippen molar-refractivity contribution in [2.75, 3.05) is 25.5 Å². The van der Waals surface area contributed by atoms with E-state index in [0.29, 0.717) is 0 Å². The first-order valence-corrected chi connectivity index (χ1v) is 6.89. The molecule has 1 heterocycles. The molecular formula is C16H23N3. The third kappa shape index (κ3) is 3.24. The average Bonchev–Trinajstić information content (AvgIpc) is 2.33. The van der Waals surface area contributed by atoms with Crippen LogP contribution in [0.4, 0.5) is 5.69 Å². The molecule has 3 nitrogen and oxygen atoms in total. The van der Waals surface area contributed by atoms with E-state index in [0.717, 1.165) is 30.7 Å².